The Balaban J connectivity index is 1.38. The average Bonchev–Trinajstić information content (AvgIpc) is 3.53. The van der Waals surface area contributed by atoms with Gasteiger partial charge >= 0.3 is 0 Å². The molecule has 4 aromatic rings. The summed E-state index contributed by atoms with van der Waals surface area (Å²) in [4.78, 5) is 11.7. The Kier molecular flexibility index (Phi) is 4.83. The van der Waals surface area contributed by atoms with Crippen LogP contribution < -0.4 is 5.32 Å². The first kappa shape index (κ1) is 18.6. The molecule has 5 rings (SSSR count). The number of nitrogens with one attached hydrogen (secondary N) is 2. The lowest BCUT2D eigenvalue weighted by molar-refractivity contribution is -0.121. The molecule has 6 heteroatoms. The minimum Gasteiger partial charge on any atom is -0.353 e. The van der Waals surface area contributed by atoms with E-state index in [1.54, 1.807) is 0 Å². The van der Waals surface area contributed by atoms with Crippen molar-refractivity contribution in [3.05, 3.63) is 60.9 Å². The largest absolute Gasteiger partial charge is 0.353 e. The van der Waals surface area contributed by atoms with Gasteiger partial charge in [-0.05, 0) is 48.1 Å². The van der Waals surface area contributed by atoms with Crippen molar-refractivity contribution in [2.24, 2.45) is 0 Å². The second-order valence-corrected chi connectivity index (χ2v) is 7.96. The van der Waals surface area contributed by atoms with Crippen LogP contribution in [0.2, 0.25) is 0 Å². The molecule has 2 N–H and O–H groups in total. The maximum atomic E-state index is 11.7. The summed E-state index contributed by atoms with van der Waals surface area (Å²) in [7, 11) is 0. The molecule has 6 nitrogen and oxygen atoms in total. The molecule has 2 aromatic heterocycles. The number of rotatable bonds is 5. The van der Waals surface area contributed by atoms with Crippen LogP contribution in [-0.4, -0.2) is 31.9 Å². The van der Waals surface area contributed by atoms with E-state index in [1.165, 1.54) is 11.1 Å². The molecule has 30 heavy (non-hydrogen) atoms. The number of benzene rings is 2. The number of nitrogens with zero attached hydrogens (tertiary/aromatic N) is 3. The summed E-state index contributed by atoms with van der Waals surface area (Å²) in [6, 6.07) is 17.5. The van der Waals surface area contributed by atoms with Gasteiger partial charge in [-0.25, -0.2) is 0 Å². The quantitative estimate of drug-likeness (QED) is 0.510. The molecular weight excluding hydrogens is 374 g/mol. The normalized spacial score (nSPS) is 18.7. The van der Waals surface area contributed by atoms with Gasteiger partial charge in [0.05, 0.1) is 23.4 Å². The number of hydrogen-bond donors (Lipinski definition) is 2. The second kappa shape index (κ2) is 7.78. The van der Waals surface area contributed by atoms with Crippen LogP contribution in [0.3, 0.4) is 0 Å². The van der Waals surface area contributed by atoms with Crippen molar-refractivity contribution in [2.75, 3.05) is 0 Å². The van der Waals surface area contributed by atoms with Gasteiger partial charge in [-0.2, -0.15) is 10.2 Å². The summed E-state index contributed by atoms with van der Waals surface area (Å²) in [6.07, 6.45) is 7.25. The van der Waals surface area contributed by atoms with Gasteiger partial charge in [0.15, 0.2) is 0 Å². The van der Waals surface area contributed by atoms with Gasteiger partial charge in [-0.1, -0.05) is 43.3 Å². The number of amides is 1. The highest BCUT2D eigenvalue weighted by Gasteiger charge is 2.28. The number of fused-ring (bicyclic) bond motifs is 1. The van der Waals surface area contributed by atoms with Gasteiger partial charge in [0.2, 0.25) is 5.91 Å². The van der Waals surface area contributed by atoms with Crippen LogP contribution in [-0.2, 0) is 4.79 Å². The second-order valence-electron chi connectivity index (χ2n) is 7.96. The van der Waals surface area contributed by atoms with Crippen LogP contribution in [0.1, 0.15) is 38.6 Å². The molecular formula is C24H25N5O. The third kappa shape index (κ3) is 3.38. The van der Waals surface area contributed by atoms with E-state index in [4.69, 9.17) is 0 Å². The number of aromatic nitrogens is 4. The smallest absolute Gasteiger partial charge is 0.219 e. The molecule has 0 bridgehead atoms. The average molecular weight is 399 g/mol. The zero-order valence-corrected chi connectivity index (χ0v) is 17.0. The molecule has 1 aliphatic rings. The van der Waals surface area contributed by atoms with Crippen LogP contribution in [0.4, 0.5) is 0 Å². The van der Waals surface area contributed by atoms with Crippen molar-refractivity contribution in [3.8, 4) is 22.4 Å². The van der Waals surface area contributed by atoms with Gasteiger partial charge in [0.25, 0.3) is 0 Å². The number of carbonyl (C=O) groups is 1. The standard InChI is InChI=1S/C24H25N5O/c1-2-24(30)27-18-10-11-19(14-18)29-23(12-13-26-29)17-8-6-16(7-9-17)20-4-3-5-22-21(20)15-25-28-22/h3-9,12-13,15,18-19H,2,10-11,14H2,1H3,(H,25,28)(H,27,30)/t18-,19+/m0/s1. The highest BCUT2D eigenvalue weighted by atomic mass is 16.1. The summed E-state index contributed by atoms with van der Waals surface area (Å²) in [6.45, 7) is 1.89. The maximum absolute atomic E-state index is 11.7. The van der Waals surface area contributed by atoms with Gasteiger partial charge in [-0.15, -0.1) is 0 Å². The Hall–Kier alpha value is -3.41. The molecule has 2 atom stereocenters. The third-order valence-electron chi connectivity index (χ3n) is 6.08. The molecule has 0 radical (unpaired) electrons. The SMILES string of the molecule is CCC(=O)N[C@H]1CC[C@@H](n2nccc2-c2ccc(-c3cccc4[nH]ncc34)cc2)C1. The van der Waals surface area contributed by atoms with Gasteiger partial charge in [-0.3, -0.25) is 14.6 Å². The molecule has 0 saturated heterocycles. The van der Waals surface area contributed by atoms with E-state index in [0.29, 0.717) is 12.5 Å². The summed E-state index contributed by atoms with van der Waals surface area (Å²) >= 11 is 0. The zero-order chi connectivity index (χ0) is 20.5. The third-order valence-corrected chi connectivity index (χ3v) is 6.08. The summed E-state index contributed by atoms with van der Waals surface area (Å²) in [5.41, 5.74) is 5.65. The molecule has 2 aromatic carbocycles. The fourth-order valence-electron chi connectivity index (χ4n) is 4.51. The highest BCUT2D eigenvalue weighted by molar-refractivity contribution is 5.94. The van der Waals surface area contributed by atoms with Crippen LogP contribution in [0.5, 0.6) is 0 Å². The monoisotopic (exact) mass is 399 g/mol. The number of aromatic amines is 1. The minimum atomic E-state index is 0.129. The zero-order valence-electron chi connectivity index (χ0n) is 17.0. The van der Waals surface area contributed by atoms with E-state index in [-0.39, 0.29) is 11.9 Å². The molecule has 0 unspecified atom stereocenters. The van der Waals surface area contributed by atoms with Gasteiger partial charge in [0, 0.05) is 24.0 Å². The number of hydrogen-bond acceptors (Lipinski definition) is 3. The van der Waals surface area contributed by atoms with Crippen molar-refractivity contribution in [3.63, 3.8) is 0 Å². The van der Waals surface area contributed by atoms with Crippen molar-refractivity contribution in [2.45, 2.75) is 44.7 Å². The Morgan fingerprint density at radius 3 is 2.80 bits per heavy atom. The lowest BCUT2D eigenvalue weighted by Gasteiger charge is -2.16. The predicted molar refractivity (Wildman–Crippen MR) is 118 cm³/mol. The summed E-state index contributed by atoms with van der Waals surface area (Å²) < 4.78 is 2.13. The van der Waals surface area contributed by atoms with Crippen LogP contribution in [0.25, 0.3) is 33.3 Å². The molecule has 0 aliphatic heterocycles. The summed E-state index contributed by atoms with van der Waals surface area (Å²) in [5.74, 6) is 0.129. The molecule has 1 aliphatic carbocycles. The van der Waals surface area contributed by atoms with Crippen molar-refractivity contribution in [1.29, 1.82) is 0 Å². The minimum absolute atomic E-state index is 0.129. The first-order chi connectivity index (χ1) is 14.7. The van der Waals surface area contributed by atoms with E-state index in [1.807, 2.05) is 31.5 Å². The topological polar surface area (TPSA) is 75.6 Å². The van der Waals surface area contributed by atoms with E-state index in [0.717, 1.165) is 41.4 Å². The lowest BCUT2D eigenvalue weighted by Crippen LogP contribution is -2.32. The van der Waals surface area contributed by atoms with Crippen molar-refractivity contribution in [1.82, 2.24) is 25.3 Å². The number of carbonyl (C=O) groups excluding carboxylic acids is 1. The number of H-pyrrole nitrogens is 1. The molecule has 1 saturated carbocycles. The van der Waals surface area contributed by atoms with Crippen LogP contribution in [0, 0.1) is 0 Å². The Morgan fingerprint density at radius 1 is 1.13 bits per heavy atom. The molecule has 1 amide bonds. The predicted octanol–water partition coefficient (Wildman–Crippen LogP) is 4.71. The molecule has 2 heterocycles. The summed E-state index contributed by atoms with van der Waals surface area (Å²) in [5, 5.41) is 16.1. The van der Waals surface area contributed by atoms with Crippen molar-refractivity contribution >= 4 is 16.8 Å². The highest BCUT2D eigenvalue weighted by Crippen LogP contribution is 2.34. The van der Waals surface area contributed by atoms with Gasteiger partial charge in [0.1, 0.15) is 0 Å². The van der Waals surface area contributed by atoms with Crippen molar-refractivity contribution < 1.29 is 4.79 Å². The Bertz CT molecular complexity index is 1170. The molecule has 0 spiro atoms. The van der Waals surface area contributed by atoms with Gasteiger partial charge < -0.3 is 5.32 Å². The van der Waals surface area contributed by atoms with E-state index in [2.05, 4.69) is 61.7 Å². The fraction of sp³-hybridized carbons (Fsp3) is 0.292. The molecule has 152 valence electrons. The van der Waals surface area contributed by atoms with E-state index >= 15 is 0 Å². The molecule has 1 fully saturated rings. The fourth-order valence-corrected chi connectivity index (χ4v) is 4.51. The van der Waals surface area contributed by atoms with Crippen LogP contribution >= 0.6 is 0 Å². The Labute approximate surface area is 175 Å². The Morgan fingerprint density at radius 2 is 1.97 bits per heavy atom. The maximum Gasteiger partial charge on any atom is 0.219 e. The van der Waals surface area contributed by atoms with Crippen LogP contribution in [0.15, 0.2) is 60.9 Å². The first-order valence-electron chi connectivity index (χ1n) is 10.6. The van der Waals surface area contributed by atoms with E-state index < -0.39 is 0 Å². The van der Waals surface area contributed by atoms with E-state index in [9.17, 15) is 4.79 Å². The first-order valence-corrected chi connectivity index (χ1v) is 10.6. The lowest BCUT2D eigenvalue weighted by atomic mass is 10.00.